The molecule has 0 bridgehead atoms. The third-order valence-corrected chi connectivity index (χ3v) is 5.03. The van der Waals surface area contributed by atoms with Crippen LogP contribution >= 0.6 is 23.2 Å². The molecule has 1 aliphatic rings. The molecule has 31 heavy (non-hydrogen) atoms. The first kappa shape index (κ1) is 23.2. The Morgan fingerprint density at radius 1 is 1.06 bits per heavy atom. The van der Waals surface area contributed by atoms with E-state index >= 15 is 0 Å². The third kappa shape index (κ3) is 4.59. The number of rotatable bonds is 3. The predicted molar refractivity (Wildman–Crippen MR) is 102 cm³/mol. The van der Waals surface area contributed by atoms with Crippen LogP contribution in [-0.4, -0.2) is 24.0 Å². The van der Waals surface area contributed by atoms with Gasteiger partial charge in [-0.25, -0.2) is 0 Å². The molecular formula is C19H12Cl2F6N2O2. The van der Waals surface area contributed by atoms with Crippen LogP contribution in [0.25, 0.3) is 0 Å². The SMILES string of the molecule is Cc1ccc(C2=NOC(c3cc(Cl)cc(Cl)c3)(C(F)(F)F)C2)cc1NC(=O)C(F)(F)F. The lowest BCUT2D eigenvalue weighted by atomic mass is 9.86. The van der Waals surface area contributed by atoms with E-state index in [1.54, 1.807) is 5.32 Å². The molecule has 4 nitrogen and oxygen atoms in total. The molecule has 0 saturated heterocycles. The van der Waals surface area contributed by atoms with E-state index in [4.69, 9.17) is 28.0 Å². The summed E-state index contributed by atoms with van der Waals surface area (Å²) in [6.45, 7) is 1.43. The molecule has 2 aromatic carbocycles. The summed E-state index contributed by atoms with van der Waals surface area (Å²) in [6.07, 6.45) is -10.8. The maximum absolute atomic E-state index is 14.0. The summed E-state index contributed by atoms with van der Waals surface area (Å²) in [5, 5.41) is 5.14. The molecule has 166 valence electrons. The fraction of sp³-hybridized carbons (Fsp3) is 0.263. The largest absolute Gasteiger partial charge is 0.471 e. The molecule has 0 aromatic heterocycles. The number of oxime groups is 1. The molecule has 3 rings (SSSR count). The maximum Gasteiger partial charge on any atom is 0.471 e. The molecular weight excluding hydrogens is 473 g/mol. The smallest absolute Gasteiger partial charge is 0.374 e. The van der Waals surface area contributed by atoms with E-state index < -0.39 is 30.3 Å². The number of anilines is 1. The number of hydrogen-bond acceptors (Lipinski definition) is 3. The van der Waals surface area contributed by atoms with Crippen molar-refractivity contribution in [3.05, 3.63) is 63.1 Å². The number of alkyl halides is 6. The molecule has 2 aromatic rings. The minimum absolute atomic E-state index is 0.0438. The Morgan fingerprint density at radius 2 is 1.68 bits per heavy atom. The van der Waals surface area contributed by atoms with Crippen LogP contribution in [0.1, 0.15) is 23.1 Å². The zero-order valence-electron chi connectivity index (χ0n) is 15.5. The lowest BCUT2D eigenvalue weighted by Crippen LogP contribution is -2.42. The van der Waals surface area contributed by atoms with E-state index in [1.165, 1.54) is 25.1 Å². The fourth-order valence-electron chi connectivity index (χ4n) is 2.97. The van der Waals surface area contributed by atoms with Gasteiger partial charge in [0.15, 0.2) is 0 Å². The molecule has 0 aliphatic carbocycles. The fourth-order valence-corrected chi connectivity index (χ4v) is 3.50. The highest BCUT2D eigenvalue weighted by atomic mass is 35.5. The topological polar surface area (TPSA) is 50.7 Å². The second-order valence-electron chi connectivity index (χ2n) is 6.77. The summed E-state index contributed by atoms with van der Waals surface area (Å²) in [4.78, 5) is 16.1. The Balaban J connectivity index is 1.97. The summed E-state index contributed by atoms with van der Waals surface area (Å²) < 4.78 is 79.8. The van der Waals surface area contributed by atoms with Crippen molar-refractivity contribution in [3.8, 4) is 0 Å². The van der Waals surface area contributed by atoms with Crippen molar-refractivity contribution in [3.63, 3.8) is 0 Å². The van der Waals surface area contributed by atoms with E-state index in [1.807, 2.05) is 0 Å². The highest BCUT2D eigenvalue weighted by molar-refractivity contribution is 6.34. The van der Waals surface area contributed by atoms with Gasteiger partial charge in [0.25, 0.3) is 5.60 Å². The molecule has 0 radical (unpaired) electrons. The van der Waals surface area contributed by atoms with Crippen molar-refractivity contribution in [1.82, 2.24) is 0 Å². The summed E-state index contributed by atoms with van der Waals surface area (Å²) in [6, 6.07) is 7.14. The van der Waals surface area contributed by atoms with Crippen LogP contribution in [-0.2, 0) is 15.2 Å². The maximum atomic E-state index is 14.0. The number of nitrogens with zero attached hydrogens (tertiary/aromatic N) is 1. The lowest BCUT2D eigenvalue weighted by molar-refractivity contribution is -0.275. The van der Waals surface area contributed by atoms with Crippen LogP contribution in [0, 0.1) is 6.92 Å². The molecule has 1 atom stereocenters. The zero-order chi connectivity index (χ0) is 23.2. The second kappa shape index (κ2) is 7.90. The monoisotopic (exact) mass is 484 g/mol. The van der Waals surface area contributed by atoms with Crippen molar-refractivity contribution < 1.29 is 36.0 Å². The standard InChI is InChI=1S/C19H12Cl2F6N2O2/c1-9-2-3-10(4-14(9)28-16(30)18(22,23)24)15-8-17(31-29-15,19(25,26)27)11-5-12(20)7-13(21)6-11/h2-7H,8H2,1H3,(H,28,30). The number of amides is 1. The predicted octanol–water partition coefficient (Wildman–Crippen LogP) is 6.38. The number of carbonyl (C=O) groups is 1. The highest BCUT2D eigenvalue weighted by Gasteiger charge is 2.62. The molecule has 1 N–H and O–H groups in total. The van der Waals surface area contributed by atoms with Crippen LogP contribution in [0.3, 0.4) is 0 Å². The quantitative estimate of drug-likeness (QED) is 0.513. The number of aryl methyl sites for hydroxylation is 1. The van der Waals surface area contributed by atoms with E-state index in [-0.39, 0.29) is 38.1 Å². The molecule has 1 aliphatic heterocycles. The number of hydrogen-bond donors (Lipinski definition) is 1. The summed E-state index contributed by atoms with van der Waals surface area (Å²) in [5.41, 5.74) is -3.37. The van der Waals surface area contributed by atoms with Crippen LogP contribution in [0.2, 0.25) is 10.0 Å². The van der Waals surface area contributed by atoms with Gasteiger partial charge in [-0.05, 0) is 36.8 Å². The second-order valence-corrected chi connectivity index (χ2v) is 7.64. The Bertz CT molecular complexity index is 1050. The zero-order valence-corrected chi connectivity index (χ0v) is 17.0. The van der Waals surface area contributed by atoms with Crippen molar-refractivity contribution in [2.45, 2.75) is 31.3 Å². The molecule has 0 spiro atoms. The van der Waals surface area contributed by atoms with Crippen molar-refractivity contribution in [2.75, 3.05) is 5.32 Å². The van der Waals surface area contributed by atoms with Crippen LogP contribution < -0.4 is 5.32 Å². The van der Waals surface area contributed by atoms with Crippen molar-refractivity contribution in [1.29, 1.82) is 0 Å². The molecule has 0 saturated carbocycles. The van der Waals surface area contributed by atoms with Gasteiger partial charge in [0.2, 0.25) is 0 Å². The number of halogens is 8. The first-order valence-electron chi connectivity index (χ1n) is 8.50. The Morgan fingerprint density at radius 3 is 2.23 bits per heavy atom. The molecule has 0 fully saturated rings. The van der Waals surface area contributed by atoms with E-state index in [0.29, 0.717) is 0 Å². The highest BCUT2D eigenvalue weighted by Crippen LogP contribution is 2.49. The molecule has 12 heteroatoms. The lowest BCUT2D eigenvalue weighted by Gasteiger charge is -2.29. The van der Waals surface area contributed by atoms with Gasteiger partial charge in [0.05, 0.1) is 5.71 Å². The summed E-state index contributed by atoms with van der Waals surface area (Å²) in [7, 11) is 0. The Labute approximate surface area is 181 Å². The van der Waals surface area contributed by atoms with E-state index in [9.17, 15) is 31.1 Å². The molecule has 1 unspecified atom stereocenters. The molecule has 1 amide bonds. The summed E-state index contributed by atoms with van der Waals surface area (Å²) in [5.74, 6) is -2.21. The minimum atomic E-state index is -5.13. The number of nitrogens with one attached hydrogen (secondary N) is 1. The third-order valence-electron chi connectivity index (χ3n) is 4.59. The first-order valence-corrected chi connectivity index (χ1v) is 9.26. The van der Waals surface area contributed by atoms with E-state index in [2.05, 4.69) is 5.16 Å². The van der Waals surface area contributed by atoms with Gasteiger partial charge >= 0.3 is 18.3 Å². The van der Waals surface area contributed by atoms with Gasteiger partial charge < -0.3 is 10.2 Å². The van der Waals surface area contributed by atoms with Gasteiger partial charge in [-0.3, -0.25) is 4.79 Å². The van der Waals surface area contributed by atoms with Crippen LogP contribution in [0.15, 0.2) is 41.6 Å². The van der Waals surface area contributed by atoms with Crippen molar-refractivity contribution in [2.24, 2.45) is 5.16 Å². The summed E-state index contributed by atoms with van der Waals surface area (Å²) >= 11 is 11.7. The Hall–Kier alpha value is -2.46. The number of benzene rings is 2. The van der Waals surface area contributed by atoms with Gasteiger partial charge in [0, 0.05) is 33.3 Å². The Kier molecular flexibility index (Phi) is 5.92. The first-order chi connectivity index (χ1) is 14.2. The van der Waals surface area contributed by atoms with Gasteiger partial charge in [-0.2, -0.15) is 26.3 Å². The van der Waals surface area contributed by atoms with Gasteiger partial charge in [0.1, 0.15) is 0 Å². The molecule has 1 heterocycles. The minimum Gasteiger partial charge on any atom is -0.374 e. The average molecular weight is 485 g/mol. The van der Waals surface area contributed by atoms with Crippen LogP contribution in [0.4, 0.5) is 32.0 Å². The van der Waals surface area contributed by atoms with Crippen molar-refractivity contribution >= 4 is 40.5 Å². The van der Waals surface area contributed by atoms with Gasteiger partial charge in [-0.1, -0.05) is 40.5 Å². The normalized spacial score (nSPS) is 19.1. The average Bonchev–Trinajstić information content (AvgIpc) is 3.08. The number of carbonyl (C=O) groups excluding carboxylic acids is 1. The van der Waals surface area contributed by atoms with Crippen LogP contribution in [0.5, 0.6) is 0 Å². The van der Waals surface area contributed by atoms with Gasteiger partial charge in [-0.15, -0.1) is 0 Å². The van der Waals surface area contributed by atoms with E-state index in [0.717, 1.165) is 18.2 Å².